The number of benzene rings is 1. The lowest BCUT2D eigenvalue weighted by Gasteiger charge is -2.35. The van der Waals surface area contributed by atoms with Crippen LogP contribution in [0.5, 0.6) is 0 Å². The SMILES string of the molecule is O=CN1CCN(c2ccnc(N3CCN(C/C=C/c4ccccc4)CC3)n2)CC1. The first-order chi connectivity index (χ1) is 14.3. The zero-order valence-corrected chi connectivity index (χ0v) is 16.7. The van der Waals surface area contributed by atoms with Gasteiger partial charge in [-0.15, -0.1) is 0 Å². The molecule has 0 bridgehead atoms. The molecule has 2 aliphatic heterocycles. The molecule has 3 heterocycles. The van der Waals surface area contributed by atoms with E-state index in [1.807, 2.05) is 23.2 Å². The minimum atomic E-state index is 0.748. The molecule has 0 spiro atoms. The summed E-state index contributed by atoms with van der Waals surface area (Å²) < 4.78 is 0. The lowest BCUT2D eigenvalue weighted by atomic mass is 10.2. The van der Waals surface area contributed by atoms with E-state index < -0.39 is 0 Å². The van der Waals surface area contributed by atoms with E-state index >= 15 is 0 Å². The molecule has 2 fully saturated rings. The number of piperazine rings is 2. The van der Waals surface area contributed by atoms with Crippen molar-refractivity contribution >= 4 is 24.3 Å². The smallest absolute Gasteiger partial charge is 0.227 e. The van der Waals surface area contributed by atoms with Gasteiger partial charge < -0.3 is 14.7 Å². The van der Waals surface area contributed by atoms with Crippen LogP contribution in [-0.4, -0.2) is 85.1 Å². The minimum Gasteiger partial charge on any atom is -0.353 e. The van der Waals surface area contributed by atoms with E-state index in [4.69, 9.17) is 4.98 Å². The van der Waals surface area contributed by atoms with Gasteiger partial charge in [-0.25, -0.2) is 4.98 Å². The first-order valence-electron chi connectivity index (χ1n) is 10.3. The van der Waals surface area contributed by atoms with Crippen molar-refractivity contribution < 1.29 is 4.79 Å². The highest BCUT2D eigenvalue weighted by Gasteiger charge is 2.21. The standard InChI is InChI=1S/C22H28N6O/c29-19-26-13-15-27(16-14-26)21-8-9-23-22(24-21)28-17-11-25(12-18-28)10-4-7-20-5-2-1-3-6-20/h1-9,19H,10-18H2/b7-4+. The predicted molar refractivity (Wildman–Crippen MR) is 116 cm³/mol. The van der Waals surface area contributed by atoms with Gasteiger partial charge in [0.15, 0.2) is 0 Å². The third-order valence-corrected chi connectivity index (χ3v) is 5.54. The van der Waals surface area contributed by atoms with E-state index in [0.717, 1.165) is 77.1 Å². The Morgan fingerprint density at radius 3 is 2.31 bits per heavy atom. The second-order valence-electron chi connectivity index (χ2n) is 7.44. The van der Waals surface area contributed by atoms with Gasteiger partial charge in [0.05, 0.1) is 0 Å². The number of anilines is 2. The monoisotopic (exact) mass is 392 g/mol. The molecule has 2 aliphatic rings. The van der Waals surface area contributed by atoms with Gasteiger partial charge in [0.2, 0.25) is 12.4 Å². The summed E-state index contributed by atoms with van der Waals surface area (Å²) in [6.07, 6.45) is 7.19. The summed E-state index contributed by atoms with van der Waals surface area (Å²) >= 11 is 0. The summed E-state index contributed by atoms with van der Waals surface area (Å²) in [7, 11) is 0. The zero-order valence-electron chi connectivity index (χ0n) is 16.7. The fraction of sp³-hybridized carbons (Fsp3) is 0.409. The van der Waals surface area contributed by atoms with E-state index in [-0.39, 0.29) is 0 Å². The van der Waals surface area contributed by atoms with Crippen LogP contribution in [0.4, 0.5) is 11.8 Å². The number of nitrogens with zero attached hydrogens (tertiary/aromatic N) is 6. The number of carbonyl (C=O) groups is 1. The molecule has 0 atom stereocenters. The van der Waals surface area contributed by atoms with Crippen molar-refractivity contribution in [3.05, 3.63) is 54.2 Å². The molecule has 0 aliphatic carbocycles. The maximum Gasteiger partial charge on any atom is 0.227 e. The Hall–Kier alpha value is -2.93. The predicted octanol–water partition coefficient (Wildman–Crippen LogP) is 1.59. The van der Waals surface area contributed by atoms with Gasteiger partial charge in [0.25, 0.3) is 0 Å². The van der Waals surface area contributed by atoms with Gasteiger partial charge >= 0.3 is 0 Å². The third-order valence-electron chi connectivity index (χ3n) is 5.54. The molecule has 4 rings (SSSR count). The number of rotatable bonds is 6. The van der Waals surface area contributed by atoms with E-state index in [1.165, 1.54) is 5.56 Å². The maximum atomic E-state index is 10.9. The number of carbonyl (C=O) groups excluding carboxylic acids is 1. The van der Waals surface area contributed by atoms with E-state index in [9.17, 15) is 4.79 Å². The Kier molecular flexibility index (Phi) is 6.36. The molecule has 0 radical (unpaired) electrons. The highest BCUT2D eigenvalue weighted by atomic mass is 16.1. The summed E-state index contributed by atoms with van der Waals surface area (Å²) in [4.78, 5) is 29.0. The molecule has 7 nitrogen and oxygen atoms in total. The number of amides is 1. The molecule has 0 saturated carbocycles. The fourth-order valence-corrected chi connectivity index (χ4v) is 3.76. The van der Waals surface area contributed by atoms with Gasteiger partial charge in [-0.2, -0.15) is 4.98 Å². The van der Waals surface area contributed by atoms with E-state index in [1.54, 1.807) is 0 Å². The first kappa shape index (κ1) is 19.4. The molecule has 0 unspecified atom stereocenters. The second kappa shape index (κ2) is 9.52. The molecular formula is C22H28N6O. The van der Waals surface area contributed by atoms with Gasteiger partial charge in [0, 0.05) is 65.1 Å². The highest BCUT2D eigenvalue weighted by Crippen LogP contribution is 2.18. The van der Waals surface area contributed by atoms with Crippen molar-refractivity contribution in [3.63, 3.8) is 0 Å². The third kappa shape index (κ3) is 5.12. The molecule has 152 valence electrons. The Morgan fingerprint density at radius 1 is 0.862 bits per heavy atom. The Morgan fingerprint density at radius 2 is 1.59 bits per heavy atom. The largest absolute Gasteiger partial charge is 0.353 e. The van der Waals surface area contributed by atoms with Crippen molar-refractivity contribution in [1.29, 1.82) is 0 Å². The summed E-state index contributed by atoms with van der Waals surface area (Å²) in [5.74, 6) is 1.76. The summed E-state index contributed by atoms with van der Waals surface area (Å²) in [6, 6.07) is 12.4. The molecule has 1 aromatic heterocycles. The number of hydrogen-bond acceptors (Lipinski definition) is 6. The Labute approximate surface area is 172 Å². The van der Waals surface area contributed by atoms with Crippen molar-refractivity contribution in [3.8, 4) is 0 Å². The summed E-state index contributed by atoms with van der Waals surface area (Å²) in [6.45, 7) is 7.96. The maximum absolute atomic E-state index is 10.9. The molecule has 2 saturated heterocycles. The highest BCUT2D eigenvalue weighted by molar-refractivity contribution is 5.50. The minimum absolute atomic E-state index is 0.748. The quantitative estimate of drug-likeness (QED) is 0.696. The molecule has 1 amide bonds. The lowest BCUT2D eigenvalue weighted by Crippen LogP contribution is -2.47. The Bertz CT molecular complexity index is 811. The average Bonchev–Trinajstić information content (AvgIpc) is 2.80. The van der Waals surface area contributed by atoms with Crippen LogP contribution in [0, 0.1) is 0 Å². The average molecular weight is 393 g/mol. The lowest BCUT2D eigenvalue weighted by molar-refractivity contribution is -0.118. The first-order valence-corrected chi connectivity index (χ1v) is 10.3. The number of aromatic nitrogens is 2. The van der Waals surface area contributed by atoms with Gasteiger partial charge in [-0.1, -0.05) is 42.5 Å². The van der Waals surface area contributed by atoms with Crippen LogP contribution in [0.25, 0.3) is 6.08 Å². The topological polar surface area (TPSA) is 55.8 Å². The Balaban J connectivity index is 1.28. The summed E-state index contributed by atoms with van der Waals surface area (Å²) in [5, 5.41) is 0. The molecule has 1 aromatic carbocycles. The van der Waals surface area contributed by atoms with Crippen molar-refractivity contribution in [2.75, 3.05) is 68.7 Å². The number of hydrogen-bond donors (Lipinski definition) is 0. The molecule has 7 heteroatoms. The van der Waals surface area contributed by atoms with Crippen molar-refractivity contribution in [2.24, 2.45) is 0 Å². The van der Waals surface area contributed by atoms with Crippen LogP contribution in [-0.2, 0) is 4.79 Å². The molecule has 2 aromatic rings. The van der Waals surface area contributed by atoms with E-state index in [0.29, 0.717) is 0 Å². The molecular weight excluding hydrogens is 364 g/mol. The molecule has 0 N–H and O–H groups in total. The van der Waals surface area contributed by atoms with Crippen LogP contribution in [0.15, 0.2) is 48.7 Å². The normalized spacial score (nSPS) is 18.4. The van der Waals surface area contributed by atoms with Gasteiger partial charge in [-0.3, -0.25) is 9.69 Å². The van der Waals surface area contributed by atoms with Crippen LogP contribution >= 0.6 is 0 Å². The van der Waals surface area contributed by atoms with Crippen LogP contribution < -0.4 is 9.80 Å². The van der Waals surface area contributed by atoms with Crippen LogP contribution in [0.2, 0.25) is 0 Å². The van der Waals surface area contributed by atoms with Crippen molar-refractivity contribution in [1.82, 2.24) is 19.8 Å². The molecule has 29 heavy (non-hydrogen) atoms. The second-order valence-corrected chi connectivity index (χ2v) is 7.44. The summed E-state index contributed by atoms with van der Waals surface area (Å²) in [5.41, 5.74) is 1.24. The van der Waals surface area contributed by atoms with Crippen LogP contribution in [0.1, 0.15) is 5.56 Å². The fourth-order valence-electron chi connectivity index (χ4n) is 3.76. The van der Waals surface area contributed by atoms with Gasteiger partial charge in [-0.05, 0) is 11.6 Å². The van der Waals surface area contributed by atoms with E-state index in [2.05, 4.69) is 56.1 Å². The zero-order chi connectivity index (χ0) is 19.9. The van der Waals surface area contributed by atoms with Gasteiger partial charge in [0.1, 0.15) is 5.82 Å². The van der Waals surface area contributed by atoms with Crippen LogP contribution in [0.3, 0.4) is 0 Å². The van der Waals surface area contributed by atoms with Crippen molar-refractivity contribution in [2.45, 2.75) is 0 Å².